The lowest BCUT2D eigenvalue weighted by molar-refractivity contribution is 0.0942. The zero-order valence-electron chi connectivity index (χ0n) is 28.1. The molecule has 9 nitrogen and oxygen atoms in total. The molecule has 0 radical (unpaired) electrons. The van der Waals surface area contributed by atoms with Crippen LogP contribution in [0.4, 0.5) is 5.82 Å². The number of hydrogen-bond donors (Lipinski definition) is 1. The number of nitrogens with zero attached hydrogens (tertiary/aromatic N) is 6. The van der Waals surface area contributed by atoms with E-state index in [-0.39, 0.29) is 6.61 Å². The van der Waals surface area contributed by atoms with Gasteiger partial charge in [0.05, 0.1) is 18.1 Å². The maximum Gasteiger partial charge on any atom is 0.165 e. The molecule has 0 atom stereocenters. The predicted octanol–water partition coefficient (Wildman–Crippen LogP) is 7.28. The quantitative estimate of drug-likeness (QED) is 0.0823. The Balaban J connectivity index is 1.51. The molecule has 4 aromatic rings. The molecule has 3 aromatic heterocycles. The third-order valence-electron chi connectivity index (χ3n) is 8.72. The maximum atomic E-state index is 9.77. The number of anilines is 1. The standard InChI is InChI=1S/C34H52N6O3Si2/c1-44(2,3)18-16-42-25-38(26-43-17-19-45(4,5)6)33-20-32(28-14-12-27(24-41)13-15-28)37-34-31(22-36-40(33)34)29-21-35-39(23-29)30-10-8-7-9-11-30/h7-11,20-23,27-28,41H,12-19,24-26H2,1-6H3. The Hall–Kier alpha value is -2.84. The molecule has 1 fully saturated rings. The van der Waals surface area contributed by atoms with Crippen LogP contribution in [-0.4, -0.2) is 78.9 Å². The molecule has 1 aliphatic rings. The van der Waals surface area contributed by atoms with Crippen molar-refractivity contribution in [2.45, 2.75) is 83.0 Å². The average molecular weight is 649 g/mol. The van der Waals surface area contributed by atoms with Gasteiger partial charge >= 0.3 is 0 Å². The minimum atomic E-state index is -1.23. The highest BCUT2D eigenvalue weighted by molar-refractivity contribution is 6.76. The minimum Gasteiger partial charge on any atom is -0.396 e. The van der Waals surface area contributed by atoms with Gasteiger partial charge in [-0.1, -0.05) is 57.5 Å². The molecule has 0 unspecified atom stereocenters. The highest BCUT2D eigenvalue weighted by Crippen LogP contribution is 2.37. The van der Waals surface area contributed by atoms with Gasteiger partial charge in [0.1, 0.15) is 19.3 Å². The van der Waals surface area contributed by atoms with Gasteiger partial charge in [0.15, 0.2) is 5.65 Å². The lowest BCUT2D eigenvalue weighted by atomic mass is 9.81. The number of aliphatic hydroxyl groups excluding tert-OH is 1. The molecule has 0 amide bonds. The van der Waals surface area contributed by atoms with Crippen LogP contribution >= 0.6 is 0 Å². The Morgan fingerprint density at radius 1 is 0.867 bits per heavy atom. The van der Waals surface area contributed by atoms with Gasteiger partial charge in [-0.2, -0.15) is 14.7 Å². The maximum absolute atomic E-state index is 9.77. The minimum absolute atomic E-state index is 0.264. The fourth-order valence-electron chi connectivity index (χ4n) is 5.70. The molecule has 3 heterocycles. The first kappa shape index (κ1) is 33.5. The van der Waals surface area contributed by atoms with Gasteiger partial charge < -0.3 is 19.5 Å². The number of ether oxygens (including phenoxy) is 2. The summed E-state index contributed by atoms with van der Waals surface area (Å²) in [6, 6.07) is 14.6. The summed E-state index contributed by atoms with van der Waals surface area (Å²) in [6.07, 6.45) is 9.91. The monoisotopic (exact) mass is 648 g/mol. The number of fused-ring (bicyclic) bond motifs is 1. The van der Waals surface area contributed by atoms with Crippen LogP contribution in [0.15, 0.2) is 55.0 Å². The highest BCUT2D eigenvalue weighted by atomic mass is 28.3. The van der Waals surface area contributed by atoms with Crippen LogP contribution in [-0.2, 0) is 9.47 Å². The van der Waals surface area contributed by atoms with E-state index in [1.165, 1.54) is 0 Å². The summed E-state index contributed by atoms with van der Waals surface area (Å²) < 4.78 is 16.5. The second-order valence-corrected chi connectivity index (χ2v) is 26.2. The summed E-state index contributed by atoms with van der Waals surface area (Å²) in [5.41, 5.74) is 4.81. The van der Waals surface area contributed by atoms with Crippen molar-refractivity contribution in [3.05, 3.63) is 60.7 Å². The van der Waals surface area contributed by atoms with E-state index in [4.69, 9.17) is 19.6 Å². The van der Waals surface area contributed by atoms with Crippen LogP contribution in [0.5, 0.6) is 0 Å². The Morgan fingerprint density at radius 2 is 1.51 bits per heavy atom. The number of para-hydroxylation sites is 1. The molecular formula is C34H52N6O3Si2. The van der Waals surface area contributed by atoms with Crippen molar-refractivity contribution in [1.82, 2.24) is 24.4 Å². The first-order valence-electron chi connectivity index (χ1n) is 16.5. The van der Waals surface area contributed by atoms with Crippen molar-refractivity contribution in [2.75, 3.05) is 38.2 Å². The van der Waals surface area contributed by atoms with E-state index in [2.05, 4.69) is 55.3 Å². The third-order valence-corrected chi connectivity index (χ3v) is 12.1. The van der Waals surface area contributed by atoms with Gasteiger partial charge in [-0.15, -0.1) is 0 Å². The smallest absolute Gasteiger partial charge is 0.165 e. The summed E-state index contributed by atoms with van der Waals surface area (Å²) in [6.45, 7) is 16.8. The highest BCUT2D eigenvalue weighted by Gasteiger charge is 2.27. The van der Waals surface area contributed by atoms with E-state index < -0.39 is 16.1 Å². The SMILES string of the molecule is C[Si](C)(C)CCOCN(COCC[Si](C)(C)C)c1cc(C2CCC(CO)CC2)nc2c(-c3cnn(-c4ccccc4)c3)cnn12. The lowest BCUT2D eigenvalue weighted by Gasteiger charge is -2.29. The van der Waals surface area contributed by atoms with E-state index in [1.807, 2.05) is 58.1 Å². The van der Waals surface area contributed by atoms with Crippen molar-refractivity contribution < 1.29 is 14.6 Å². The van der Waals surface area contributed by atoms with Crippen molar-refractivity contribution in [3.63, 3.8) is 0 Å². The van der Waals surface area contributed by atoms with E-state index in [1.54, 1.807) is 0 Å². The lowest BCUT2D eigenvalue weighted by Crippen LogP contribution is -2.33. The molecule has 0 spiro atoms. The fourth-order valence-corrected chi connectivity index (χ4v) is 7.22. The van der Waals surface area contributed by atoms with E-state index in [9.17, 15) is 5.11 Å². The summed E-state index contributed by atoms with van der Waals surface area (Å²) in [7, 11) is -2.45. The van der Waals surface area contributed by atoms with E-state index in [0.29, 0.717) is 25.3 Å². The number of rotatable bonds is 15. The van der Waals surface area contributed by atoms with Crippen LogP contribution in [0.25, 0.3) is 22.5 Å². The molecule has 5 rings (SSSR count). The summed E-state index contributed by atoms with van der Waals surface area (Å²) in [4.78, 5) is 7.45. The van der Waals surface area contributed by atoms with E-state index in [0.717, 1.165) is 85.0 Å². The first-order chi connectivity index (χ1) is 21.5. The molecule has 1 N–H and O–H groups in total. The zero-order chi connectivity index (χ0) is 32.0. The molecule has 0 saturated heterocycles. The van der Waals surface area contributed by atoms with Gasteiger partial charge in [0.2, 0.25) is 0 Å². The number of aromatic nitrogens is 5. The summed E-state index contributed by atoms with van der Waals surface area (Å²) in [5.74, 6) is 1.64. The molecule has 1 aromatic carbocycles. The topological polar surface area (TPSA) is 89.9 Å². The van der Waals surface area contributed by atoms with Gasteiger partial charge in [0.25, 0.3) is 0 Å². The molecule has 244 valence electrons. The van der Waals surface area contributed by atoms with Crippen LogP contribution < -0.4 is 4.90 Å². The fraction of sp³-hybridized carbons (Fsp3) is 0.559. The van der Waals surface area contributed by atoms with Gasteiger partial charge in [-0.3, -0.25) is 0 Å². The second kappa shape index (κ2) is 14.7. The third kappa shape index (κ3) is 9.13. The largest absolute Gasteiger partial charge is 0.396 e. The van der Waals surface area contributed by atoms with Crippen LogP contribution in [0.3, 0.4) is 0 Å². The number of hydrogen-bond acceptors (Lipinski definition) is 7. The Morgan fingerprint density at radius 3 is 2.11 bits per heavy atom. The summed E-state index contributed by atoms with van der Waals surface area (Å²) in [5, 5.41) is 19.3. The van der Waals surface area contributed by atoms with Crippen LogP contribution in [0.1, 0.15) is 37.3 Å². The van der Waals surface area contributed by atoms with Crippen molar-refractivity contribution in [1.29, 1.82) is 0 Å². The van der Waals surface area contributed by atoms with Gasteiger partial charge in [0, 0.05) is 71.0 Å². The predicted molar refractivity (Wildman–Crippen MR) is 188 cm³/mol. The van der Waals surface area contributed by atoms with Crippen molar-refractivity contribution >= 4 is 27.6 Å². The molecular weight excluding hydrogens is 597 g/mol. The van der Waals surface area contributed by atoms with Crippen LogP contribution in [0, 0.1) is 5.92 Å². The normalized spacial score (nSPS) is 17.7. The van der Waals surface area contributed by atoms with Gasteiger partial charge in [-0.05, 0) is 55.8 Å². The molecule has 11 heteroatoms. The molecule has 1 saturated carbocycles. The first-order valence-corrected chi connectivity index (χ1v) is 23.9. The number of aliphatic hydroxyl groups is 1. The molecule has 0 bridgehead atoms. The molecule has 45 heavy (non-hydrogen) atoms. The Kier molecular flexibility index (Phi) is 11.0. The average Bonchev–Trinajstić information content (AvgIpc) is 3.67. The van der Waals surface area contributed by atoms with Crippen molar-refractivity contribution in [2.24, 2.45) is 5.92 Å². The second-order valence-electron chi connectivity index (χ2n) is 15.0. The van der Waals surface area contributed by atoms with Crippen molar-refractivity contribution in [3.8, 4) is 16.8 Å². The Labute approximate surface area is 270 Å². The molecule has 1 aliphatic carbocycles. The number of benzene rings is 1. The molecule has 0 aliphatic heterocycles. The van der Waals surface area contributed by atoms with Gasteiger partial charge in [-0.25, -0.2) is 9.67 Å². The Bertz CT molecular complexity index is 1480. The zero-order valence-corrected chi connectivity index (χ0v) is 30.1. The van der Waals surface area contributed by atoms with Crippen LogP contribution in [0.2, 0.25) is 51.4 Å². The van der Waals surface area contributed by atoms with E-state index >= 15 is 0 Å². The summed E-state index contributed by atoms with van der Waals surface area (Å²) >= 11 is 0.